The molecule has 0 aromatic heterocycles. The van der Waals surface area contributed by atoms with Crippen LogP contribution in [0.15, 0.2) is 138 Å². The van der Waals surface area contributed by atoms with Crippen LogP contribution in [0.25, 0.3) is 5.57 Å². The van der Waals surface area contributed by atoms with Crippen molar-refractivity contribution in [3.8, 4) is 0 Å². The van der Waals surface area contributed by atoms with Gasteiger partial charge in [-0.2, -0.15) is 0 Å². The molecule has 6 rings (SSSR count). The van der Waals surface area contributed by atoms with Crippen LogP contribution in [0.5, 0.6) is 0 Å². The van der Waals surface area contributed by atoms with Gasteiger partial charge in [-0.3, -0.25) is 23.4 Å². The first kappa shape index (κ1) is 23.3. The zero-order chi connectivity index (χ0) is 26.2. The van der Waals surface area contributed by atoms with Gasteiger partial charge in [0, 0.05) is 5.57 Å². The van der Waals surface area contributed by atoms with Gasteiger partial charge in [0.1, 0.15) is 28.5 Å². The third-order valence-electron chi connectivity index (χ3n) is 6.29. The Morgan fingerprint density at radius 1 is 0.553 bits per heavy atom. The first-order valence-corrected chi connectivity index (χ1v) is 11.7. The van der Waals surface area contributed by atoms with E-state index >= 15 is 0 Å². The Kier molecular flexibility index (Phi) is 5.75. The van der Waals surface area contributed by atoms with E-state index in [1.54, 1.807) is 6.08 Å². The largest absolute Gasteiger partial charge is 0.321 e. The van der Waals surface area contributed by atoms with E-state index in [-0.39, 0.29) is 0 Å². The molecule has 1 aromatic rings. The van der Waals surface area contributed by atoms with E-state index in [0.717, 1.165) is 28.3 Å². The molecule has 0 aliphatic carbocycles. The van der Waals surface area contributed by atoms with E-state index in [4.69, 9.17) is 38.3 Å². The molecular weight excluding hydrogens is 480 g/mol. The number of rotatable bonds is 5. The Labute approximate surface area is 217 Å². The molecule has 5 aliphatic rings. The van der Waals surface area contributed by atoms with E-state index in [0.29, 0.717) is 51.3 Å². The van der Waals surface area contributed by atoms with Crippen LogP contribution in [0, 0.1) is 0 Å². The summed E-state index contributed by atoms with van der Waals surface area (Å²) in [6, 6.07) is 9.78. The van der Waals surface area contributed by atoms with Crippen LogP contribution in [0.4, 0.5) is 0 Å². The maximum Gasteiger partial charge on any atom is 0.117 e. The highest BCUT2D eigenvalue weighted by atomic mass is 15.3. The Morgan fingerprint density at radius 2 is 1.18 bits per heavy atom. The summed E-state index contributed by atoms with van der Waals surface area (Å²) >= 11 is 0. The summed E-state index contributed by atoms with van der Waals surface area (Å²) < 4.78 is 0. The minimum atomic E-state index is 0.367. The van der Waals surface area contributed by atoms with E-state index in [1.165, 1.54) is 0 Å². The number of nitrogens with zero attached hydrogens (tertiary/aromatic N) is 4. The van der Waals surface area contributed by atoms with Gasteiger partial charge in [0.15, 0.2) is 0 Å². The van der Waals surface area contributed by atoms with Gasteiger partial charge in [-0.25, -0.2) is 20.0 Å². The summed E-state index contributed by atoms with van der Waals surface area (Å²) in [4.78, 5) is 19.1. The molecule has 0 radical (unpaired) electrons. The van der Waals surface area contributed by atoms with Crippen molar-refractivity contribution >= 4 is 28.4 Å². The number of aliphatic imine (C=N–C) groups is 4. The fraction of sp³-hybridized carbons (Fsp3) is 0. The third kappa shape index (κ3) is 3.82. The fourth-order valence-electron chi connectivity index (χ4n) is 4.64. The molecule has 0 saturated carbocycles. The molecule has 188 valence electrons. The van der Waals surface area contributed by atoms with E-state index in [1.807, 2.05) is 66.8 Å². The molecule has 8 bridgehead atoms. The monoisotopic (exact) mass is 504 g/mol. The van der Waals surface area contributed by atoms with Crippen LogP contribution in [0.3, 0.4) is 0 Å². The van der Waals surface area contributed by atoms with Gasteiger partial charge in [-0.05, 0) is 48.1 Å². The van der Waals surface area contributed by atoms with Crippen molar-refractivity contribution in [3.05, 3.63) is 124 Å². The molecule has 38 heavy (non-hydrogen) atoms. The Morgan fingerprint density at radius 3 is 1.84 bits per heavy atom. The van der Waals surface area contributed by atoms with Crippen LogP contribution in [-0.4, -0.2) is 22.8 Å². The number of hydrogen-bond acceptors (Lipinski definition) is 12. The average molecular weight is 505 g/mol. The molecule has 1 aromatic carbocycles. The van der Waals surface area contributed by atoms with Crippen LogP contribution in [0.1, 0.15) is 5.56 Å². The van der Waals surface area contributed by atoms with Crippen molar-refractivity contribution < 1.29 is 0 Å². The lowest BCUT2D eigenvalue weighted by molar-refractivity contribution is 0.825. The molecular formula is C26H24N12. The summed E-state index contributed by atoms with van der Waals surface area (Å²) in [5, 5.41) is 0. The number of hydrazine groups is 4. The molecule has 0 unspecified atom stereocenters. The van der Waals surface area contributed by atoms with Crippen molar-refractivity contribution in [2.24, 2.45) is 43.3 Å². The zero-order valence-corrected chi connectivity index (χ0v) is 20.0. The molecule has 0 saturated heterocycles. The molecule has 12 N–H and O–H groups in total. The maximum atomic E-state index is 6.09. The first-order chi connectivity index (χ1) is 18.6. The summed E-state index contributed by atoms with van der Waals surface area (Å²) in [6.45, 7) is 0. The van der Waals surface area contributed by atoms with Gasteiger partial charge < -0.3 is 21.7 Å². The Hall–Kier alpha value is -5.14. The van der Waals surface area contributed by atoms with Gasteiger partial charge >= 0.3 is 0 Å². The van der Waals surface area contributed by atoms with Crippen molar-refractivity contribution in [3.63, 3.8) is 0 Å². The van der Waals surface area contributed by atoms with Crippen molar-refractivity contribution in [1.29, 1.82) is 0 Å². The standard InChI is InChI=1S/C26H24N12/c27-35-21-19-12-17-9-7-15(32-17)10-14-6-8-16(31-14)11-18-20(13-4-2-1-3-5-13)22(36-28)23(33-18)26(38-30)24(34-19)25(21)37-29/h1-12,35-38H,27-30H2. The molecule has 12 heteroatoms. The summed E-state index contributed by atoms with van der Waals surface area (Å²) in [6.07, 6.45) is 13.2. The van der Waals surface area contributed by atoms with Gasteiger partial charge in [0.05, 0.1) is 39.9 Å². The number of nitrogens with two attached hydrogens (primary N) is 4. The Balaban J connectivity index is 1.67. The third-order valence-corrected chi connectivity index (χ3v) is 6.29. The van der Waals surface area contributed by atoms with E-state index in [9.17, 15) is 0 Å². The van der Waals surface area contributed by atoms with Gasteiger partial charge in [0.2, 0.25) is 0 Å². The van der Waals surface area contributed by atoms with Gasteiger partial charge in [-0.15, -0.1) is 0 Å². The molecule has 0 fully saturated rings. The topological polar surface area (TPSA) is 202 Å². The second kappa shape index (κ2) is 9.38. The second-order valence-corrected chi connectivity index (χ2v) is 8.53. The maximum absolute atomic E-state index is 6.09. The predicted octanol–water partition coefficient (Wildman–Crippen LogP) is 0.270. The minimum Gasteiger partial charge on any atom is -0.321 e. The van der Waals surface area contributed by atoms with Gasteiger partial charge in [0.25, 0.3) is 0 Å². The lowest BCUT2D eigenvalue weighted by Gasteiger charge is -2.15. The summed E-state index contributed by atoms with van der Waals surface area (Å²) in [5.41, 5.74) is 19.2. The fourth-order valence-corrected chi connectivity index (χ4v) is 4.64. The lowest BCUT2D eigenvalue weighted by atomic mass is 9.99. The summed E-state index contributed by atoms with van der Waals surface area (Å²) in [7, 11) is 0. The minimum absolute atomic E-state index is 0.367. The quantitative estimate of drug-likeness (QED) is 0.206. The molecule has 12 nitrogen and oxygen atoms in total. The highest BCUT2D eigenvalue weighted by molar-refractivity contribution is 6.24. The van der Waals surface area contributed by atoms with Crippen LogP contribution < -0.4 is 45.1 Å². The molecule has 5 heterocycles. The molecule has 0 amide bonds. The van der Waals surface area contributed by atoms with Crippen molar-refractivity contribution in [2.75, 3.05) is 0 Å². The second-order valence-electron chi connectivity index (χ2n) is 8.53. The van der Waals surface area contributed by atoms with E-state index in [2.05, 4.69) is 26.7 Å². The number of nitrogens with one attached hydrogen (secondary N) is 4. The molecule has 0 spiro atoms. The normalized spacial score (nSPS) is 19.6. The zero-order valence-electron chi connectivity index (χ0n) is 20.0. The number of allylic oxidation sites excluding steroid dienone is 8. The highest BCUT2D eigenvalue weighted by Crippen LogP contribution is 2.36. The average Bonchev–Trinajstić information content (AvgIpc) is 3.71. The van der Waals surface area contributed by atoms with Crippen LogP contribution in [0.2, 0.25) is 0 Å². The number of fused-ring (bicyclic) bond motifs is 4. The van der Waals surface area contributed by atoms with Crippen molar-refractivity contribution in [2.45, 2.75) is 0 Å². The first-order valence-electron chi connectivity index (χ1n) is 11.7. The SMILES string of the molecule is NNC1=C2N=C(C=C3C=CC(=N3)C=C3C=CC(=N3)C=C3N=C1C(NN)=C3c1ccccc1)C(NN)=C2NN. The number of benzene rings is 1. The summed E-state index contributed by atoms with van der Waals surface area (Å²) in [5.74, 6) is 24.0. The van der Waals surface area contributed by atoms with E-state index < -0.39 is 0 Å². The van der Waals surface area contributed by atoms with Crippen LogP contribution >= 0.6 is 0 Å². The Bertz CT molecular complexity index is 1620. The lowest BCUT2D eigenvalue weighted by Crippen LogP contribution is -2.36. The van der Waals surface area contributed by atoms with Crippen LogP contribution in [-0.2, 0) is 0 Å². The predicted molar refractivity (Wildman–Crippen MR) is 149 cm³/mol. The highest BCUT2D eigenvalue weighted by Gasteiger charge is 2.33. The van der Waals surface area contributed by atoms with Gasteiger partial charge in [-0.1, -0.05) is 30.3 Å². The number of hydrogen-bond donors (Lipinski definition) is 8. The van der Waals surface area contributed by atoms with Crippen molar-refractivity contribution in [1.82, 2.24) is 21.7 Å². The molecule has 5 aliphatic heterocycles. The molecule has 0 atom stereocenters. The smallest absolute Gasteiger partial charge is 0.117 e.